The minimum atomic E-state index is -4.62. The smallest absolute Gasteiger partial charge is 0.416 e. The van der Waals surface area contributed by atoms with Crippen LogP contribution in [-0.2, 0) is 10.9 Å². The monoisotopic (exact) mass is 236 g/mol. The fourth-order valence-corrected chi connectivity index (χ4v) is 1.07. The molecular formula is C10H8F4O2. The molecule has 0 saturated carbocycles. The van der Waals surface area contributed by atoms with Crippen molar-refractivity contribution < 1.29 is 27.1 Å². The first-order valence-electron chi connectivity index (χ1n) is 4.40. The first-order chi connectivity index (χ1) is 7.36. The fourth-order valence-electron chi connectivity index (χ4n) is 1.07. The van der Waals surface area contributed by atoms with E-state index in [1.54, 1.807) is 0 Å². The van der Waals surface area contributed by atoms with Crippen molar-refractivity contribution in [2.24, 2.45) is 0 Å². The third-order valence-corrected chi connectivity index (χ3v) is 1.79. The van der Waals surface area contributed by atoms with Gasteiger partial charge in [0.1, 0.15) is 5.82 Å². The van der Waals surface area contributed by atoms with Gasteiger partial charge in [-0.15, -0.1) is 0 Å². The lowest BCUT2D eigenvalue weighted by molar-refractivity contribution is -0.137. The minimum Gasteiger partial charge on any atom is -0.462 e. The Morgan fingerprint density at radius 1 is 1.38 bits per heavy atom. The molecule has 0 amide bonds. The van der Waals surface area contributed by atoms with E-state index in [9.17, 15) is 22.4 Å². The summed E-state index contributed by atoms with van der Waals surface area (Å²) in [5, 5.41) is 0. The van der Waals surface area contributed by atoms with E-state index in [2.05, 4.69) is 4.74 Å². The molecule has 0 bridgehead atoms. The van der Waals surface area contributed by atoms with Crippen LogP contribution in [0.25, 0.3) is 0 Å². The van der Waals surface area contributed by atoms with E-state index < -0.39 is 29.1 Å². The summed E-state index contributed by atoms with van der Waals surface area (Å²) in [6, 6.07) is 1.60. The van der Waals surface area contributed by atoms with Gasteiger partial charge >= 0.3 is 12.1 Å². The molecule has 0 atom stereocenters. The van der Waals surface area contributed by atoms with Crippen LogP contribution in [-0.4, -0.2) is 12.6 Å². The number of rotatable bonds is 2. The maximum atomic E-state index is 13.1. The average molecular weight is 236 g/mol. The summed E-state index contributed by atoms with van der Waals surface area (Å²) in [5.74, 6) is -2.14. The average Bonchev–Trinajstić information content (AvgIpc) is 2.16. The van der Waals surface area contributed by atoms with E-state index >= 15 is 0 Å². The SMILES string of the molecule is CCOC(=O)c1cc(C(F)(F)F)ccc1F. The molecule has 0 N–H and O–H groups in total. The molecule has 16 heavy (non-hydrogen) atoms. The van der Waals surface area contributed by atoms with Gasteiger partial charge in [-0.25, -0.2) is 9.18 Å². The van der Waals surface area contributed by atoms with Gasteiger partial charge in [0.25, 0.3) is 0 Å². The summed E-state index contributed by atoms with van der Waals surface area (Å²) in [6.45, 7) is 1.44. The van der Waals surface area contributed by atoms with Gasteiger partial charge in [0.05, 0.1) is 17.7 Å². The van der Waals surface area contributed by atoms with Crippen LogP contribution < -0.4 is 0 Å². The summed E-state index contributed by atoms with van der Waals surface area (Å²) in [5.41, 5.74) is -1.80. The van der Waals surface area contributed by atoms with E-state index in [0.29, 0.717) is 18.2 Å². The number of carbonyl (C=O) groups is 1. The molecule has 0 aliphatic rings. The molecule has 1 rings (SSSR count). The van der Waals surface area contributed by atoms with E-state index in [1.807, 2.05) is 0 Å². The van der Waals surface area contributed by atoms with Crippen molar-refractivity contribution in [3.63, 3.8) is 0 Å². The van der Waals surface area contributed by atoms with Gasteiger partial charge < -0.3 is 4.74 Å². The second-order valence-corrected chi connectivity index (χ2v) is 2.91. The fraction of sp³-hybridized carbons (Fsp3) is 0.300. The van der Waals surface area contributed by atoms with Crippen LogP contribution in [0.3, 0.4) is 0 Å². The summed E-state index contributed by atoms with van der Waals surface area (Å²) < 4.78 is 54.3. The number of alkyl halides is 3. The number of halogens is 4. The first kappa shape index (κ1) is 12.5. The van der Waals surface area contributed by atoms with E-state index in [4.69, 9.17) is 0 Å². The molecular weight excluding hydrogens is 228 g/mol. The zero-order valence-corrected chi connectivity index (χ0v) is 8.27. The standard InChI is InChI=1S/C10H8F4O2/c1-2-16-9(15)7-5-6(10(12,13)14)3-4-8(7)11/h3-5H,2H2,1H3. The minimum absolute atomic E-state index is 0.0332. The van der Waals surface area contributed by atoms with Crippen LogP contribution in [0.5, 0.6) is 0 Å². The Labute approximate surface area is 88.8 Å². The van der Waals surface area contributed by atoms with Gasteiger partial charge in [0.15, 0.2) is 0 Å². The predicted octanol–water partition coefficient (Wildman–Crippen LogP) is 3.02. The number of benzene rings is 1. The van der Waals surface area contributed by atoms with Gasteiger partial charge in [-0.1, -0.05) is 0 Å². The summed E-state index contributed by atoms with van der Waals surface area (Å²) >= 11 is 0. The molecule has 1 aromatic rings. The van der Waals surface area contributed by atoms with Crippen molar-refractivity contribution in [3.8, 4) is 0 Å². The van der Waals surface area contributed by atoms with Crippen molar-refractivity contribution in [2.75, 3.05) is 6.61 Å². The zero-order chi connectivity index (χ0) is 12.3. The molecule has 0 aliphatic carbocycles. The highest BCUT2D eigenvalue weighted by Gasteiger charge is 2.32. The van der Waals surface area contributed by atoms with Gasteiger partial charge in [0, 0.05) is 0 Å². The summed E-state index contributed by atoms with van der Waals surface area (Å²) in [7, 11) is 0. The lowest BCUT2D eigenvalue weighted by atomic mass is 10.1. The molecule has 0 saturated heterocycles. The van der Waals surface area contributed by atoms with Crippen molar-refractivity contribution in [1.82, 2.24) is 0 Å². The highest BCUT2D eigenvalue weighted by Crippen LogP contribution is 2.30. The van der Waals surface area contributed by atoms with Gasteiger partial charge in [-0.3, -0.25) is 0 Å². The van der Waals surface area contributed by atoms with E-state index in [-0.39, 0.29) is 6.61 Å². The molecule has 6 heteroatoms. The maximum Gasteiger partial charge on any atom is 0.416 e. The Balaban J connectivity index is 3.14. The third kappa shape index (κ3) is 2.71. The van der Waals surface area contributed by atoms with Crippen LogP contribution >= 0.6 is 0 Å². The highest BCUT2D eigenvalue weighted by molar-refractivity contribution is 5.89. The molecule has 2 nitrogen and oxygen atoms in total. The topological polar surface area (TPSA) is 26.3 Å². The molecule has 0 radical (unpaired) electrons. The lowest BCUT2D eigenvalue weighted by Crippen LogP contribution is -2.11. The van der Waals surface area contributed by atoms with Crippen molar-refractivity contribution in [3.05, 3.63) is 35.1 Å². The van der Waals surface area contributed by atoms with Crippen LogP contribution in [0.15, 0.2) is 18.2 Å². The van der Waals surface area contributed by atoms with Crippen LogP contribution in [0.2, 0.25) is 0 Å². The number of ether oxygens (including phenoxy) is 1. The predicted molar refractivity (Wildman–Crippen MR) is 47.4 cm³/mol. The zero-order valence-electron chi connectivity index (χ0n) is 8.27. The van der Waals surface area contributed by atoms with E-state index in [0.717, 1.165) is 0 Å². The number of hydrogen-bond acceptors (Lipinski definition) is 2. The Morgan fingerprint density at radius 2 is 2.00 bits per heavy atom. The second kappa shape index (κ2) is 4.51. The maximum absolute atomic E-state index is 13.1. The Kier molecular flexibility index (Phi) is 3.51. The first-order valence-corrected chi connectivity index (χ1v) is 4.40. The quantitative estimate of drug-likeness (QED) is 0.582. The van der Waals surface area contributed by atoms with Crippen LogP contribution in [0, 0.1) is 5.82 Å². The van der Waals surface area contributed by atoms with Crippen molar-refractivity contribution in [2.45, 2.75) is 13.1 Å². The molecule has 88 valence electrons. The Hall–Kier alpha value is -1.59. The largest absolute Gasteiger partial charge is 0.462 e. The number of carbonyl (C=O) groups excluding carboxylic acids is 1. The Morgan fingerprint density at radius 3 is 2.50 bits per heavy atom. The summed E-state index contributed by atoms with van der Waals surface area (Å²) in [6.07, 6.45) is -4.62. The molecule has 0 aromatic heterocycles. The molecule has 0 aliphatic heterocycles. The van der Waals surface area contributed by atoms with Crippen molar-refractivity contribution in [1.29, 1.82) is 0 Å². The molecule has 1 aromatic carbocycles. The van der Waals surface area contributed by atoms with Crippen LogP contribution in [0.1, 0.15) is 22.8 Å². The highest BCUT2D eigenvalue weighted by atomic mass is 19.4. The van der Waals surface area contributed by atoms with Crippen LogP contribution in [0.4, 0.5) is 17.6 Å². The van der Waals surface area contributed by atoms with E-state index in [1.165, 1.54) is 6.92 Å². The van der Waals surface area contributed by atoms with Gasteiger partial charge in [-0.05, 0) is 25.1 Å². The molecule has 0 fully saturated rings. The molecule has 0 spiro atoms. The van der Waals surface area contributed by atoms with Crippen molar-refractivity contribution >= 4 is 5.97 Å². The molecule has 0 unspecified atom stereocenters. The normalized spacial score (nSPS) is 11.3. The van der Waals surface area contributed by atoms with Gasteiger partial charge in [-0.2, -0.15) is 13.2 Å². The Bertz CT molecular complexity index is 398. The summed E-state index contributed by atoms with van der Waals surface area (Å²) in [4.78, 5) is 11.1. The number of hydrogen-bond donors (Lipinski definition) is 0. The lowest BCUT2D eigenvalue weighted by Gasteiger charge is -2.09. The molecule has 0 heterocycles. The third-order valence-electron chi connectivity index (χ3n) is 1.79. The van der Waals surface area contributed by atoms with Gasteiger partial charge in [0.2, 0.25) is 0 Å². The number of esters is 1. The second-order valence-electron chi connectivity index (χ2n) is 2.91.